The number of rotatable bonds is 14. The zero-order chi connectivity index (χ0) is 33.3. The fourth-order valence-electron chi connectivity index (χ4n) is 4.87. The van der Waals surface area contributed by atoms with Gasteiger partial charge >= 0.3 is 0 Å². The average molecular weight is 683 g/mol. The molecule has 0 heterocycles. The van der Waals surface area contributed by atoms with E-state index in [-0.39, 0.29) is 45.5 Å². The molecule has 11 heteroatoms. The van der Waals surface area contributed by atoms with Crippen molar-refractivity contribution in [3.05, 3.63) is 124 Å². The van der Waals surface area contributed by atoms with E-state index < -0.39 is 28.5 Å². The van der Waals surface area contributed by atoms with Gasteiger partial charge in [-0.15, -0.1) is 0 Å². The molecule has 0 spiro atoms. The number of nitrogens with zero attached hydrogens (tertiary/aromatic N) is 2. The fourth-order valence-corrected chi connectivity index (χ4v) is 6.75. The van der Waals surface area contributed by atoms with Gasteiger partial charge in [0.1, 0.15) is 18.3 Å². The van der Waals surface area contributed by atoms with Gasteiger partial charge in [0.15, 0.2) is 0 Å². The van der Waals surface area contributed by atoms with Gasteiger partial charge in [0.2, 0.25) is 11.8 Å². The van der Waals surface area contributed by atoms with E-state index in [4.69, 9.17) is 27.9 Å². The molecule has 4 rings (SSSR count). The number of hydrogen-bond acceptors (Lipinski definition) is 5. The molecule has 4 aromatic rings. The van der Waals surface area contributed by atoms with Crippen molar-refractivity contribution in [1.82, 2.24) is 10.2 Å². The number of halogens is 2. The van der Waals surface area contributed by atoms with Crippen molar-refractivity contribution in [2.45, 2.75) is 50.2 Å². The molecule has 46 heavy (non-hydrogen) atoms. The van der Waals surface area contributed by atoms with E-state index in [1.54, 1.807) is 43.5 Å². The SMILES string of the molecule is CC[C@@H](C)NC(=O)[C@@H](Cc1ccccc1)N(Cc1cccc(OC)c1)C(=O)CN(c1cc(Cl)ccc1Cl)S(=O)(=O)c1ccccc1. The van der Waals surface area contributed by atoms with E-state index >= 15 is 0 Å². The number of amides is 2. The van der Waals surface area contributed by atoms with Crippen molar-refractivity contribution in [2.75, 3.05) is 18.0 Å². The van der Waals surface area contributed by atoms with Crippen molar-refractivity contribution in [3.63, 3.8) is 0 Å². The Labute approximate surface area is 280 Å². The maximum absolute atomic E-state index is 14.6. The summed E-state index contributed by atoms with van der Waals surface area (Å²) in [6.45, 7) is 3.20. The third-order valence-corrected chi connectivity index (χ3v) is 9.87. The van der Waals surface area contributed by atoms with Crippen LogP contribution in [0, 0.1) is 0 Å². The van der Waals surface area contributed by atoms with Gasteiger partial charge in [0.05, 0.1) is 22.7 Å². The van der Waals surface area contributed by atoms with Crippen molar-refractivity contribution in [2.24, 2.45) is 0 Å². The van der Waals surface area contributed by atoms with E-state index in [1.807, 2.05) is 50.2 Å². The summed E-state index contributed by atoms with van der Waals surface area (Å²) in [7, 11) is -2.77. The van der Waals surface area contributed by atoms with Gasteiger partial charge in [-0.1, -0.05) is 90.8 Å². The second-order valence-electron chi connectivity index (χ2n) is 10.8. The van der Waals surface area contributed by atoms with Gasteiger partial charge in [-0.25, -0.2) is 8.42 Å². The van der Waals surface area contributed by atoms with Gasteiger partial charge in [-0.2, -0.15) is 0 Å². The topological polar surface area (TPSA) is 96.0 Å². The molecule has 8 nitrogen and oxygen atoms in total. The maximum atomic E-state index is 14.6. The highest BCUT2D eigenvalue weighted by Crippen LogP contribution is 2.33. The number of hydrogen-bond donors (Lipinski definition) is 1. The number of carbonyl (C=O) groups excluding carboxylic acids is 2. The fraction of sp³-hybridized carbons (Fsp3) is 0.257. The van der Waals surface area contributed by atoms with Gasteiger partial charge in [0, 0.05) is 24.0 Å². The summed E-state index contributed by atoms with van der Waals surface area (Å²) in [6, 6.07) is 27.6. The molecule has 2 amide bonds. The summed E-state index contributed by atoms with van der Waals surface area (Å²) >= 11 is 12.8. The Kier molecular flexibility index (Phi) is 12.1. The number of ether oxygens (including phenoxy) is 1. The molecule has 0 aromatic heterocycles. The first kappa shape index (κ1) is 34.8. The van der Waals surface area contributed by atoms with Gasteiger partial charge < -0.3 is 15.0 Å². The highest BCUT2D eigenvalue weighted by molar-refractivity contribution is 7.92. The minimum Gasteiger partial charge on any atom is -0.497 e. The summed E-state index contributed by atoms with van der Waals surface area (Å²) in [5, 5.41) is 3.35. The first-order valence-corrected chi connectivity index (χ1v) is 17.0. The van der Waals surface area contributed by atoms with Crippen molar-refractivity contribution in [3.8, 4) is 5.75 Å². The standard InChI is InChI=1S/C35H37Cl2N3O5S/c1-4-25(2)38-35(42)33(21-26-12-7-5-8-13-26)39(23-27-14-11-15-29(20-27)45-3)34(41)24-40(32-22-28(36)18-19-31(32)37)46(43,44)30-16-9-6-10-17-30/h5-20,22,25,33H,4,21,23-24H2,1-3H3,(H,38,42)/t25-,33-/m1/s1. The normalized spacial score (nSPS) is 12.5. The van der Waals surface area contributed by atoms with Gasteiger partial charge in [0.25, 0.3) is 10.0 Å². The van der Waals surface area contributed by atoms with Gasteiger partial charge in [-0.05, 0) is 66.9 Å². The number of benzene rings is 4. The molecule has 0 unspecified atom stereocenters. The predicted octanol–water partition coefficient (Wildman–Crippen LogP) is 6.75. The summed E-state index contributed by atoms with van der Waals surface area (Å²) in [6.07, 6.45) is 0.881. The van der Waals surface area contributed by atoms with Gasteiger partial charge in [-0.3, -0.25) is 13.9 Å². The van der Waals surface area contributed by atoms with Crippen molar-refractivity contribution < 1.29 is 22.7 Å². The lowest BCUT2D eigenvalue weighted by molar-refractivity contribution is -0.140. The zero-order valence-electron chi connectivity index (χ0n) is 25.9. The van der Waals surface area contributed by atoms with E-state index in [0.717, 1.165) is 9.87 Å². The summed E-state index contributed by atoms with van der Waals surface area (Å²) in [5.74, 6) is -0.390. The smallest absolute Gasteiger partial charge is 0.264 e. The molecular weight excluding hydrogens is 645 g/mol. The lowest BCUT2D eigenvalue weighted by atomic mass is 10.0. The molecule has 4 aromatic carbocycles. The summed E-state index contributed by atoms with van der Waals surface area (Å²) in [5.41, 5.74) is 1.57. The summed E-state index contributed by atoms with van der Waals surface area (Å²) in [4.78, 5) is 29.9. The van der Waals surface area contributed by atoms with E-state index in [9.17, 15) is 18.0 Å². The van der Waals surface area contributed by atoms with Crippen LogP contribution in [0.5, 0.6) is 5.75 Å². The second-order valence-corrected chi connectivity index (χ2v) is 13.5. The molecule has 0 bridgehead atoms. The van der Waals surface area contributed by atoms with Crippen LogP contribution < -0.4 is 14.4 Å². The van der Waals surface area contributed by atoms with Crippen LogP contribution in [0.2, 0.25) is 10.0 Å². The molecule has 0 fully saturated rings. The molecule has 2 atom stereocenters. The Morgan fingerprint density at radius 1 is 0.870 bits per heavy atom. The molecule has 0 aliphatic heterocycles. The number of methoxy groups -OCH3 is 1. The number of nitrogens with one attached hydrogen (secondary N) is 1. The van der Waals surface area contributed by atoms with E-state index in [2.05, 4.69) is 5.32 Å². The highest BCUT2D eigenvalue weighted by Gasteiger charge is 2.35. The predicted molar refractivity (Wildman–Crippen MR) is 183 cm³/mol. The van der Waals surface area contributed by atoms with Crippen LogP contribution in [0.4, 0.5) is 5.69 Å². The lowest BCUT2D eigenvalue weighted by Crippen LogP contribution is -2.54. The molecule has 0 aliphatic rings. The highest BCUT2D eigenvalue weighted by atomic mass is 35.5. The van der Waals surface area contributed by atoms with Crippen LogP contribution in [-0.2, 0) is 32.6 Å². The Hall–Kier alpha value is -4.05. The molecule has 0 saturated carbocycles. The van der Waals surface area contributed by atoms with Crippen LogP contribution in [-0.4, -0.2) is 50.9 Å². The summed E-state index contributed by atoms with van der Waals surface area (Å²) < 4.78 is 34.6. The lowest BCUT2D eigenvalue weighted by Gasteiger charge is -2.34. The Bertz CT molecular complexity index is 1740. The molecular formula is C35H37Cl2N3O5S. The van der Waals surface area contributed by atoms with Crippen LogP contribution in [0.15, 0.2) is 108 Å². The third-order valence-electron chi connectivity index (χ3n) is 7.55. The number of carbonyl (C=O) groups is 2. The van der Waals surface area contributed by atoms with E-state index in [1.165, 1.54) is 35.2 Å². The Balaban J connectivity index is 1.84. The van der Waals surface area contributed by atoms with E-state index in [0.29, 0.717) is 17.7 Å². The van der Waals surface area contributed by atoms with Crippen LogP contribution in [0.25, 0.3) is 0 Å². The molecule has 0 aliphatic carbocycles. The average Bonchev–Trinajstić information content (AvgIpc) is 3.07. The second kappa shape index (κ2) is 16.0. The van der Waals surface area contributed by atoms with Crippen molar-refractivity contribution in [1.29, 1.82) is 0 Å². The number of sulfonamides is 1. The first-order valence-electron chi connectivity index (χ1n) is 14.8. The van der Waals surface area contributed by atoms with Crippen LogP contribution in [0.1, 0.15) is 31.4 Å². The van der Waals surface area contributed by atoms with Crippen LogP contribution in [0.3, 0.4) is 0 Å². The molecule has 0 radical (unpaired) electrons. The molecule has 242 valence electrons. The van der Waals surface area contributed by atoms with Crippen LogP contribution >= 0.6 is 23.2 Å². The minimum atomic E-state index is -4.31. The Morgan fingerprint density at radius 3 is 2.17 bits per heavy atom. The third kappa shape index (κ3) is 8.81. The first-order chi connectivity index (χ1) is 22.0. The largest absolute Gasteiger partial charge is 0.497 e. The minimum absolute atomic E-state index is 0.00393. The monoisotopic (exact) mass is 681 g/mol. The number of anilines is 1. The van der Waals surface area contributed by atoms with Crippen molar-refractivity contribution >= 4 is 50.7 Å². The zero-order valence-corrected chi connectivity index (χ0v) is 28.2. The quantitative estimate of drug-likeness (QED) is 0.159. The maximum Gasteiger partial charge on any atom is 0.264 e. The molecule has 1 N–H and O–H groups in total. The molecule has 0 saturated heterocycles. The Morgan fingerprint density at radius 2 is 1.52 bits per heavy atom.